The summed E-state index contributed by atoms with van der Waals surface area (Å²) in [5.74, 6) is -0.336. The Morgan fingerprint density at radius 3 is 2.24 bits per heavy atom. The van der Waals surface area contributed by atoms with Gasteiger partial charge < -0.3 is 54.7 Å². The summed E-state index contributed by atoms with van der Waals surface area (Å²) in [5, 5.41) is 71.1. The Bertz CT molecular complexity index is 635. The zero-order valence-corrected chi connectivity index (χ0v) is 18.8. The number of aliphatic hydroxyl groups excluding tert-OH is 7. The summed E-state index contributed by atoms with van der Waals surface area (Å²) in [6, 6.07) is 0. The maximum absolute atomic E-state index is 10.6. The van der Waals surface area contributed by atoms with Crippen LogP contribution < -0.4 is 0 Å². The topological polar surface area (TPSA) is 179 Å². The third kappa shape index (κ3) is 5.24. The first-order valence-corrected chi connectivity index (χ1v) is 11.9. The van der Waals surface area contributed by atoms with Crippen molar-refractivity contribution in [3.8, 4) is 0 Å². The van der Waals surface area contributed by atoms with Gasteiger partial charge in [-0.3, -0.25) is 0 Å². The van der Waals surface area contributed by atoms with Gasteiger partial charge >= 0.3 is 0 Å². The van der Waals surface area contributed by atoms with Gasteiger partial charge in [-0.2, -0.15) is 0 Å². The van der Waals surface area contributed by atoms with Gasteiger partial charge in [0.05, 0.1) is 49.3 Å². The van der Waals surface area contributed by atoms with E-state index >= 15 is 0 Å². The van der Waals surface area contributed by atoms with Gasteiger partial charge in [0.15, 0.2) is 6.29 Å². The molecule has 0 radical (unpaired) electrons. The van der Waals surface area contributed by atoms with Gasteiger partial charge in [-0.25, -0.2) is 0 Å². The van der Waals surface area contributed by atoms with Crippen molar-refractivity contribution in [2.75, 3.05) is 13.7 Å². The Morgan fingerprint density at radius 1 is 0.788 bits per heavy atom. The first-order chi connectivity index (χ1) is 15.7. The van der Waals surface area contributed by atoms with E-state index < -0.39 is 67.8 Å². The van der Waals surface area contributed by atoms with E-state index in [4.69, 9.17) is 18.9 Å². The van der Waals surface area contributed by atoms with Gasteiger partial charge in [-0.1, -0.05) is 0 Å². The maximum atomic E-state index is 10.6. The Balaban J connectivity index is 1.54. The molecule has 11 heteroatoms. The van der Waals surface area contributed by atoms with Crippen LogP contribution in [0.4, 0.5) is 0 Å². The maximum Gasteiger partial charge on any atom is 0.187 e. The molecular formula is C22H38O11. The molecule has 192 valence electrons. The lowest BCUT2D eigenvalue weighted by Gasteiger charge is -2.51. The normalized spacial score (nSPS) is 53.5. The minimum Gasteiger partial charge on any atom is -0.394 e. The first kappa shape index (κ1) is 25.6. The zero-order chi connectivity index (χ0) is 23.9. The lowest BCUT2D eigenvalue weighted by Crippen LogP contribution is -2.62. The molecule has 0 aromatic rings. The lowest BCUT2D eigenvalue weighted by molar-refractivity contribution is -0.333. The number of rotatable bonds is 5. The van der Waals surface area contributed by atoms with Crippen LogP contribution in [0.1, 0.15) is 38.5 Å². The van der Waals surface area contributed by atoms with Gasteiger partial charge in [0.1, 0.15) is 24.4 Å². The molecule has 2 saturated carbocycles. The Morgan fingerprint density at radius 2 is 1.55 bits per heavy atom. The highest BCUT2D eigenvalue weighted by atomic mass is 16.7. The predicted molar refractivity (Wildman–Crippen MR) is 111 cm³/mol. The molecule has 14 unspecified atom stereocenters. The van der Waals surface area contributed by atoms with Crippen molar-refractivity contribution in [2.24, 2.45) is 11.8 Å². The second-order valence-electron chi connectivity index (χ2n) is 10.0. The highest BCUT2D eigenvalue weighted by molar-refractivity contribution is 4.99. The van der Waals surface area contributed by atoms with Gasteiger partial charge in [0.2, 0.25) is 0 Å². The first-order valence-electron chi connectivity index (χ1n) is 11.9. The quantitative estimate of drug-likeness (QED) is 0.225. The summed E-state index contributed by atoms with van der Waals surface area (Å²) < 4.78 is 23.5. The summed E-state index contributed by atoms with van der Waals surface area (Å²) in [5.41, 5.74) is 0. The summed E-state index contributed by atoms with van der Waals surface area (Å²) >= 11 is 0. The lowest BCUT2D eigenvalue weighted by atomic mass is 9.72. The van der Waals surface area contributed by atoms with Crippen molar-refractivity contribution in [3.63, 3.8) is 0 Å². The van der Waals surface area contributed by atoms with Crippen LogP contribution >= 0.6 is 0 Å². The average molecular weight is 479 g/mol. The van der Waals surface area contributed by atoms with Crippen molar-refractivity contribution in [3.05, 3.63) is 0 Å². The number of aliphatic hydroxyl groups is 7. The van der Waals surface area contributed by atoms with E-state index in [-0.39, 0.29) is 30.5 Å². The average Bonchev–Trinajstić information content (AvgIpc) is 2.79. The fourth-order valence-corrected chi connectivity index (χ4v) is 5.99. The SMILES string of the molecule is COC1CC(C2OC3CC(O)CC(O)C3CC2OC2OC(CO)C(O)C(O)C2O)CCC1O. The molecule has 2 aliphatic carbocycles. The van der Waals surface area contributed by atoms with E-state index in [1.807, 2.05) is 0 Å². The van der Waals surface area contributed by atoms with E-state index in [0.29, 0.717) is 32.1 Å². The molecule has 4 rings (SSSR count). The smallest absolute Gasteiger partial charge is 0.187 e. The highest BCUT2D eigenvalue weighted by Gasteiger charge is 2.51. The molecule has 4 fully saturated rings. The monoisotopic (exact) mass is 478 g/mol. The zero-order valence-electron chi connectivity index (χ0n) is 18.8. The Labute approximate surface area is 192 Å². The van der Waals surface area contributed by atoms with Crippen LogP contribution in [0.15, 0.2) is 0 Å². The molecular weight excluding hydrogens is 440 g/mol. The molecule has 0 bridgehead atoms. The fraction of sp³-hybridized carbons (Fsp3) is 1.00. The van der Waals surface area contributed by atoms with Crippen LogP contribution in [0.25, 0.3) is 0 Å². The number of methoxy groups -OCH3 is 1. The Kier molecular flexibility index (Phi) is 8.29. The molecule has 2 saturated heterocycles. The standard InChI is InChI=1S/C22H38O11/c1-30-15-4-9(2-3-12(15)25)21-16(7-11-13(26)5-10(24)6-14(11)31-21)32-22-20(29)19(28)18(27)17(8-23)33-22/h9-29H,2-8H2,1H3. The summed E-state index contributed by atoms with van der Waals surface area (Å²) in [6.07, 6.45) is -8.13. The van der Waals surface area contributed by atoms with E-state index in [0.717, 1.165) is 0 Å². The van der Waals surface area contributed by atoms with Crippen molar-refractivity contribution in [2.45, 2.75) is 112 Å². The third-order valence-corrected chi connectivity index (χ3v) is 7.91. The minimum absolute atomic E-state index is 0.0506. The largest absolute Gasteiger partial charge is 0.394 e. The number of hydrogen-bond donors (Lipinski definition) is 7. The molecule has 7 N–H and O–H groups in total. The fourth-order valence-electron chi connectivity index (χ4n) is 5.99. The van der Waals surface area contributed by atoms with E-state index in [1.54, 1.807) is 7.11 Å². The third-order valence-electron chi connectivity index (χ3n) is 7.91. The van der Waals surface area contributed by atoms with Crippen LogP contribution in [0, 0.1) is 11.8 Å². The molecule has 11 nitrogen and oxygen atoms in total. The molecule has 2 heterocycles. The molecule has 14 atom stereocenters. The molecule has 0 amide bonds. The summed E-state index contributed by atoms with van der Waals surface area (Å²) in [7, 11) is 1.55. The van der Waals surface area contributed by atoms with Crippen LogP contribution in [0.5, 0.6) is 0 Å². The van der Waals surface area contributed by atoms with Crippen molar-refractivity contribution in [1.29, 1.82) is 0 Å². The highest BCUT2D eigenvalue weighted by Crippen LogP contribution is 2.43. The molecule has 2 aliphatic heterocycles. The van der Waals surface area contributed by atoms with E-state index in [9.17, 15) is 35.7 Å². The van der Waals surface area contributed by atoms with Crippen LogP contribution in [0.2, 0.25) is 0 Å². The van der Waals surface area contributed by atoms with Crippen LogP contribution in [-0.2, 0) is 18.9 Å². The number of hydrogen-bond acceptors (Lipinski definition) is 11. The summed E-state index contributed by atoms with van der Waals surface area (Å²) in [6.45, 7) is -0.563. The molecule has 0 spiro atoms. The second-order valence-corrected chi connectivity index (χ2v) is 10.0. The van der Waals surface area contributed by atoms with Gasteiger partial charge in [0.25, 0.3) is 0 Å². The van der Waals surface area contributed by atoms with E-state index in [2.05, 4.69) is 0 Å². The second kappa shape index (κ2) is 10.7. The van der Waals surface area contributed by atoms with Crippen molar-refractivity contribution in [1.82, 2.24) is 0 Å². The minimum atomic E-state index is -1.56. The van der Waals surface area contributed by atoms with Crippen LogP contribution in [-0.4, -0.2) is 123 Å². The number of fused-ring (bicyclic) bond motifs is 1. The van der Waals surface area contributed by atoms with Gasteiger partial charge in [-0.05, 0) is 44.4 Å². The van der Waals surface area contributed by atoms with E-state index in [1.165, 1.54) is 0 Å². The molecule has 33 heavy (non-hydrogen) atoms. The predicted octanol–water partition coefficient (Wildman–Crippen LogP) is -2.36. The summed E-state index contributed by atoms with van der Waals surface area (Å²) in [4.78, 5) is 0. The van der Waals surface area contributed by atoms with Gasteiger partial charge in [0, 0.05) is 13.0 Å². The van der Waals surface area contributed by atoms with Crippen molar-refractivity contribution < 1.29 is 54.7 Å². The van der Waals surface area contributed by atoms with Crippen LogP contribution in [0.3, 0.4) is 0 Å². The van der Waals surface area contributed by atoms with Crippen molar-refractivity contribution >= 4 is 0 Å². The molecule has 0 aromatic heterocycles. The molecule has 0 aromatic carbocycles. The van der Waals surface area contributed by atoms with Gasteiger partial charge in [-0.15, -0.1) is 0 Å². The number of ether oxygens (including phenoxy) is 4. The Hall–Kier alpha value is -0.440. The molecule has 4 aliphatic rings.